The van der Waals surface area contributed by atoms with Crippen molar-refractivity contribution in [1.82, 2.24) is 4.90 Å². The van der Waals surface area contributed by atoms with Crippen LogP contribution in [0.25, 0.3) is 0 Å². The van der Waals surface area contributed by atoms with Crippen LogP contribution in [0.2, 0.25) is 0 Å². The number of thioether (sulfide) groups is 1. The fraction of sp³-hybridized carbons (Fsp3) is 0.364. The van der Waals surface area contributed by atoms with Gasteiger partial charge in [-0.15, -0.1) is 11.8 Å². The third kappa shape index (κ3) is 3.60. The molecule has 10 heteroatoms. The van der Waals surface area contributed by atoms with Crippen LogP contribution < -0.4 is 34.7 Å². The Hall–Kier alpha value is -0.180. The molecule has 1 saturated heterocycles. The molecule has 6 nitrogen and oxygen atoms in total. The second kappa shape index (κ2) is 7.39. The fourth-order valence-corrected chi connectivity index (χ4v) is 3.73. The number of carboxylic acids is 1. The molecule has 1 atom stereocenters. The van der Waals surface area contributed by atoms with E-state index < -0.39 is 23.2 Å². The average Bonchev–Trinajstić information content (AvgIpc) is 2.34. The number of amides is 1. The first-order valence-electron chi connectivity index (χ1n) is 5.41. The smallest absolute Gasteiger partial charge is 0.543 e. The van der Waals surface area contributed by atoms with Crippen molar-refractivity contribution in [1.29, 1.82) is 0 Å². The number of rotatable bonds is 3. The number of esters is 1. The molecule has 108 valence electrons. The van der Waals surface area contributed by atoms with Crippen LogP contribution in [0.1, 0.15) is 6.92 Å². The van der Waals surface area contributed by atoms with Crippen LogP contribution in [0, 0.1) is 0 Å². The summed E-state index contributed by atoms with van der Waals surface area (Å²) < 4.78 is 4.60. The first-order chi connectivity index (χ1) is 9.34. The molecule has 0 radical (unpaired) electrons. The maximum atomic E-state index is 11.9. The minimum absolute atomic E-state index is 0. The number of carbonyl (C=O) groups excluding carboxylic acids is 3. The van der Waals surface area contributed by atoms with Gasteiger partial charge in [-0.3, -0.25) is 14.5 Å². The Morgan fingerprint density at radius 2 is 2.10 bits per heavy atom. The standard InChI is InChI=1S/C11H9Cl2NO5S.Na/c1-4(15)19-2-5-3-20-10-6(8(12)13)9(16)14(10)7(5)11(17)18;/h10H,2-3H2,1H3,(H,17,18);/q;+1/p-1/t10-;/m1./s1. The number of ether oxygens (including phenoxy) is 1. The Balaban J connectivity index is 0.00000220. The zero-order valence-electron chi connectivity index (χ0n) is 11.1. The summed E-state index contributed by atoms with van der Waals surface area (Å²) in [5.41, 5.74) is 0.196. The van der Waals surface area contributed by atoms with Gasteiger partial charge in [-0.2, -0.15) is 0 Å². The van der Waals surface area contributed by atoms with Gasteiger partial charge >= 0.3 is 35.5 Å². The number of β-lactam (4-membered cyclic amide) rings is 1. The molecule has 0 aromatic carbocycles. The number of fused-ring (bicyclic) bond motifs is 1. The fourth-order valence-electron chi connectivity index (χ4n) is 1.92. The van der Waals surface area contributed by atoms with Crippen molar-refractivity contribution in [2.24, 2.45) is 0 Å². The van der Waals surface area contributed by atoms with E-state index >= 15 is 0 Å². The van der Waals surface area contributed by atoms with Crippen LogP contribution >= 0.6 is 35.0 Å². The molecule has 0 saturated carbocycles. The molecular weight excluding hydrogens is 352 g/mol. The van der Waals surface area contributed by atoms with Crippen LogP contribution in [0.4, 0.5) is 0 Å². The molecule has 1 amide bonds. The monoisotopic (exact) mass is 359 g/mol. The van der Waals surface area contributed by atoms with Gasteiger partial charge in [0.25, 0.3) is 5.91 Å². The van der Waals surface area contributed by atoms with E-state index in [2.05, 4.69) is 0 Å². The van der Waals surface area contributed by atoms with Gasteiger partial charge in [-0.05, 0) is 0 Å². The van der Waals surface area contributed by atoms with Gasteiger partial charge in [0.2, 0.25) is 0 Å². The van der Waals surface area contributed by atoms with E-state index in [9.17, 15) is 19.5 Å². The van der Waals surface area contributed by atoms with E-state index in [1.165, 1.54) is 18.7 Å². The quantitative estimate of drug-likeness (QED) is 0.233. The number of hydrogen-bond acceptors (Lipinski definition) is 6. The third-order valence-electron chi connectivity index (χ3n) is 2.77. The third-order valence-corrected chi connectivity index (χ3v) is 4.45. The molecule has 0 spiro atoms. The number of carbonyl (C=O) groups is 3. The Bertz CT molecular complexity index is 573. The Labute approximate surface area is 156 Å². The predicted octanol–water partition coefficient (Wildman–Crippen LogP) is -2.84. The molecule has 2 aliphatic heterocycles. The maximum absolute atomic E-state index is 11.9. The number of hydrogen-bond donors (Lipinski definition) is 0. The van der Waals surface area contributed by atoms with E-state index in [0.29, 0.717) is 5.57 Å². The Morgan fingerprint density at radius 1 is 1.48 bits per heavy atom. The molecule has 0 N–H and O–H groups in total. The number of nitrogens with zero attached hydrogens (tertiary/aromatic N) is 1. The van der Waals surface area contributed by atoms with Crippen molar-refractivity contribution in [3.63, 3.8) is 0 Å². The van der Waals surface area contributed by atoms with E-state index in [4.69, 9.17) is 27.9 Å². The van der Waals surface area contributed by atoms with Crippen LogP contribution in [0.5, 0.6) is 0 Å². The molecular formula is C11H8Cl2NNaO5S. The van der Waals surface area contributed by atoms with Crippen molar-refractivity contribution < 1.29 is 53.8 Å². The van der Waals surface area contributed by atoms with E-state index in [-0.39, 0.29) is 57.7 Å². The van der Waals surface area contributed by atoms with Crippen molar-refractivity contribution in [2.75, 3.05) is 12.4 Å². The molecule has 0 aromatic rings. The molecule has 21 heavy (non-hydrogen) atoms. The molecule has 1 fully saturated rings. The molecule has 0 aromatic heterocycles. The van der Waals surface area contributed by atoms with Crippen LogP contribution in [0.15, 0.2) is 21.3 Å². The topological polar surface area (TPSA) is 86.7 Å². The van der Waals surface area contributed by atoms with Crippen molar-refractivity contribution in [3.05, 3.63) is 21.3 Å². The summed E-state index contributed by atoms with van der Waals surface area (Å²) in [7, 11) is 0. The van der Waals surface area contributed by atoms with Crippen molar-refractivity contribution in [3.8, 4) is 0 Å². The van der Waals surface area contributed by atoms with Gasteiger partial charge in [0.05, 0.1) is 17.2 Å². The molecule has 0 unspecified atom stereocenters. The summed E-state index contributed by atoms with van der Waals surface area (Å²) in [5.74, 6) is -2.35. The zero-order valence-corrected chi connectivity index (χ0v) is 15.5. The maximum Gasteiger partial charge on any atom is 1.00 e. The Kier molecular flexibility index (Phi) is 6.64. The summed E-state index contributed by atoms with van der Waals surface area (Å²) in [6, 6.07) is 0. The number of halogens is 2. The summed E-state index contributed by atoms with van der Waals surface area (Å²) in [4.78, 5) is 35.0. The minimum atomic E-state index is -1.50. The summed E-state index contributed by atoms with van der Waals surface area (Å²) >= 11 is 12.5. The van der Waals surface area contributed by atoms with Gasteiger partial charge in [-0.25, -0.2) is 0 Å². The van der Waals surface area contributed by atoms with E-state index in [1.807, 2.05) is 0 Å². The normalized spacial score (nSPS) is 20.3. The van der Waals surface area contributed by atoms with Gasteiger partial charge in [0, 0.05) is 18.2 Å². The second-order valence-electron chi connectivity index (χ2n) is 4.03. The van der Waals surface area contributed by atoms with Crippen LogP contribution in [-0.2, 0) is 19.1 Å². The zero-order chi connectivity index (χ0) is 15.0. The SMILES string of the molecule is CC(=O)OCC1=C(C(=O)[O-])N2C(=O)C(=C(Cl)Cl)[C@H]2SC1.[Na+]. The van der Waals surface area contributed by atoms with Gasteiger partial charge in [0.15, 0.2) is 0 Å². The number of carboxylic acid groups (broad SMARTS) is 1. The summed E-state index contributed by atoms with van der Waals surface area (Å²) in [5, 5.41) is 10.7. The largest absolute Gasteiger partial charge is 1.00 e. The molecule has 0 bridgehead atoms. The first kappa shape index (κ1) is 18.9. The van der Waals surface area contributed by atoms with Crippen LogP contribution in [0.3, 0.4) is 0 Å². The first-order valence-corrected chi connectivity index (χ1v) is 7.22. The minimum Gasteiger partial charge on any atom is -0.543 e. The van der Waals surface area contributed by atoms with Crippen molar-refractivity contribution in [2.45, 2.75) is 12.3 Å². The van der Waals surface area contributed by atoms with Gasteiger partial charge < -0.3 is 14.6 Å². The van der Waals surface area contributed by atoms with Gasteiger partial charge in [-0.1, -0.05) is 23.2 Å². The van der Waals surface area contributed by atoms with E-state index in [1.54, 1.807) is 0 Å². The summed E-state index contributed by atoms with van der Waals surface area (Å²) in [6.45, 7) is 1.01. The molecule has 0 aliphatic carbocycles. The van der Waals surface area contributed by atoms with Gasteiger partial charge in [0.1, 0.15) is 16.5 Å². The van der Waals surface area contributed by atoms with Crippen molar-refractivity contribution >= 4 is 52.8 Å². The van der Waals surface area contributed by atoms with E-state index in [0.717, 1.165) is 4.90 Å². The molecule has 2 rings (SSSR count). The second-order valence-corrected chi connectivity index (χ2v) is 6.05. The summed E-state index contributed by atoms with van der Waals surface area (Å²) in [6.07, 6.45) is 0. The Morgan fingerprint density at radius 3 is 2.57 bits per heavy atom. The molecule has 2 aliphatic rings. The molecule has 2 heterocycles. The number of aliphatic carboxylic acids is 1. The predicted molar refractivity (Wildman–Crippen MR) is 70.5 cm³/mol. The van der Waals surface area contributed by atoms with Crippen LogP contribution in [-0.4, -0.2) is 40.5 Å². The average molecular weight is 360 g/mol.